The zero-order valence-corrected chi connectivity index (χ0v) is 17.3. The fourth-order valence-corrected chi connectivity index (χ4v) is 4.00. The lowest BCUT2D eigenvalue weighted by Crippen LogP contribution is -2.22. The van der Waals surface area contributed by atoms with Gasteiger partial charge in [0.1, 0.15) is 23.1 Å². The summed E-state index contributed by atoms with van der Waals surface area (Å²) in [5.41, 5.74) is 1.16. The van der Waals surface area contributed by atoms with Crippen molar-refractivity contribution in [1.29, 1.82) is 0 Å². The van der Waals surface area contributed by atoms with Crippen LogP contribution in [0, 0.1) is 31.4 Å². The van der Waals surface area contributed by atoms with E-state index in [4.69, 9.17) is 4.74 Å². The van der Waals surface area contributed by atoms with Gasteiger partial charge in [-0.25, -0.2) is 27.5 Å². The molecule has 166 valence electrons. The van der Waals surface area contributed by atoms with Crippen molar-refractivity contribution in [2.75, 3.05) is 6.61 Å². The van der Waals surface area contributed by atoms with E-state index < -0.39 is 29.4 Å². The Morgan fingerprint density at radius 2 is 1.94 bits per heavy atom. The molecular weight excluding hydrogens is 426 g/mol. The average Bonchev–Trinajstić information content (AvgIpc) is 3.40. The van der Waals surface area contributed by atoms with Gasteiger partial charge in [0.15, 0.2) is 5.65 Å². The number of nitrogens with zero attached hydrogens (tertiary/aromatic N) is 3. The van der Waals surface area contributed by atoms with E-state index in [9.17, 15) is 22.4 Å². The standard InChI is InChI=1S/C23H19F4N3O2/c1-11-12(2)28-21-20(15-4-3-14(24)8-17(15)25)29-18(10-30(21)22(11)31)13-5-6-32-19(7-13)16-9-23(16,26)27/h3-4,7-8,10,13,16H,5-6,9H2,1-2H3/t13-,16?/m0/s1. The van der Waals surface area contributed by atoms with Gasteiger partial charge in [0.05, 0.1) is 18.2 Å². The molecule has 9 heteroatoms. The Morgan fingerprint density at radius 1 is 1.19 bits per heavy atom. The number of ether oxygens (including phenoxy) is 1. The molecule has 0 spiro atoms. The first-order chi connectivity index (χ1) is 15.2. The van der Waals surface area contributed by atoms with Crippen molar-refractivity contribution in [1.82, 2.24) is 14.4 Å². The smallest absolute Gasteiger partial charge is 0.261 e. The molecule has 5 rings (SSSR count). The van der Waals surface area contributed by atoms with Gasteiger partial charge in [0, 0.05) is 41.4 Å². The van der Waals surface area contributed by atoms with Gasteiger partial charge in [0.25, 0.3) is 11.5 Å². The number of aromatic nitrogens is 3. The molecule has 2 atom stereocenters. The number of hydrogen-bond acceptors (Lipinski definition) is 4. The van der Waals surface area contributed by atoms with Crippen molar-refractivity contribution >= 4 is 5.65 Å². The first-order valence-corrected chi connectivity index (χ1v) is 10.2. The lowest BCUT2D eigenvalue weighted by molar-refractivity contribution is 0.0809. The Bertz CT molecular complexity index is 1350. The Labute approximate surface area is 180 Å². The van der Waals surface area contributed by atoms with E-state index in [2.05, 4.69) is 9.97 Å². The van der Waals surface area contributed by atoms with Crippen LogP contribution >= 0.6 is 0 Å². The van der Waals surface area contributed by atoms with Crippen LogP contribution in [0.2, 0.25) is 0 Å². The molecule has 1 saturated carbocycles. The van der Waals surface area contributed by atoms with E-state index in [1.807, 2.05) is 0 Å². The van der Waals surface area contributed by atoms with Crippen molar-refractivity contribution in [3.05, 3.63) is 75.2 Å². The third-order valence-corrected chi connectivity index (χ3v) is 6.10. The van der Waals surface area contributed by atoms with Gasteiger partial charge >= 0.3 is 0 Å². The average molecular weight is 445 g/mol. The number of rotatable bonds is 3. The van der Waals surface area contributed by atoms with E-state index in [-0.39, 0.29) is 41.3 Å². The molecule has 5 nitrogen and oxygen atoms in total. The first-order valence-electron chi connectivity index (χ1n) is 10.2. The van der Waals surface area contributed by atoms with Gasteiger partial charge in [-0.2, -0.15) is 0 Å². The number of allylic oxidation sites excluding steroid dienone is 2. The Kier molecular flexibility index (Phi) is 4.61. The predicted octanol–water partition coefficient (Wildman–Crippen LogP) is 4.69. The number of hydrogen-bond donors (Lipinski definition) is 0. The molecule has 1 unspecified atom stereocenters. The van der Waals surface area contributed by atoms with Crippen LogP contribution in [0.15, 0.2) is 41.0 Å². The third-order valence-electron chi connectivity index (χ3n) is 6.10. The highest BCUT2D eigenvalue weighted by Gasteiger charge is 2.60. The van der Waals surface area contributed by atoms with Crippen LogP contribution in [0.3, 0.4) is 0 Å². The maximum Gasteiger partial charge on any atom is 0.261 e. The van der Waals surface area contributed by atoms with Gasteiger partial charge in [-0.05, 0) is 38.5 Å². The lowest BCUT2D eigenvalue weighted by Gasteiger charge is -2.23. The highest BCUT2D eigenvalue weighted by molar-refractivity contribution is 5.74. The summed E-state index contributed by atoms with van der Waals surface area (Å²) in [6, 6.07) is 3.08. The zero-order chi connectivity index (χ0) is 22.8. The van der Waals surface area contributed by atoms with Gasteiger partial charge < -0.3 is 4.74 Å². The van der Waals surface area contributed by atoms with Gasteiger partial charge in [-0.3, -0.25) is 9.20 Å². The minimum atomic E-state index is -2.78. The quantitative estimate of drug-likeness (QED) is 0.549. The minimum absolute atomic E-state index is 0.00843. The van der Waals surface area contributed by atoms with Crippen molar-refractivity contribution in [3.63, 3.8) is 0 Å². The summed E-state index contributed by atoms with van der Waals surface area (Å²) in [6.45, 7) is 3.53. The summed E-state index contributed by atoms with van der Waals surface area (Å²) in [6.07, 6.45) is 3.31. The van der Waals surface area contributed by atoms with E-state index in [0.717, 1.165) is 12.1 Å². The molecule has 0 N–H and O–H groups in total. The molecule has 0 saturated heterocycles. The monoisotopic (exact) mass is 445 g/mol. The van der Waals surface area contributed by atoms with E-state index in [1.165, 1.54) is 16.7 Å². The summed E-state index contributed by atoms with van der Waals surface area (Å²) >= 11 is 0. The van der Waals surface area contributed by atoms with E-state index in [0.29, 0.717) is 23.4 Å². The molecule has 32 heavy (non-hydrogen) atoms. The zero-order valence-electron chi connectivity index (χ0n) is 17.3. The molecule has 0 bridgehead atoms. The number of benzene rings is 1. The van der Waals surface area contributed by atoms with Crippen molar-refractivity contribution < 1.29 is 22.3 Å². The van der Waals surface area contributed by atoms with Crippen molar-refractivity contribution in [2.24, 2.45) is 5.92 Å². The number of fused-ring (bicyclic) bond motifs is 1. The molecule has 0 radical (unpaired) electrons. The SMILES string of the molecule is Cc1nc2c(-c3ccc(F)cc3F)nc([C@@H]3C=C(C4CC4(F)F)OCC3)cn2c(=O)c1C. The van der Waals surface area contributed by atoms with E-state index in [1.54, 1.807) is 19.9 Å². The summed E-state index contributed by atoms with van der Waals surface area (Å²) in [5.74, 6) is -5.50. The molecule has 2 aromatic heterocycles. The van der Waals surface area contributed by atoms with Gasteiger partial charge in [0.2, 0.25) is 0 Å². The number of aryl methyl sites for hydroxylation is 1. The van der Waals surface area contributed by atoms with Crippen molar-refractivity contribution in [3.8, 4) is 11.3 Å². The van der Waals surface area contributed by atoms with Crippen LogP contribution in [0.5, 0.6) is 0 Å². The van der Waals surface area contributed by atoms with Crippen LogP contribution in [0.1, 0.15) is 35.7 Å². The van der Waals surface area contributed by atoms with Crippen LogP contribution in [0.4, 0.5) is 17.6 Å². The maximum atomic E-state index is 14.7. The maximum absolute atomic E-state index is 14.7. The summed E-state index contributed by atoms with van der Waals surface area (Å²) in [5, 5.41) is 0. The summed E-state index contributed by atoms with van der Waals surface area (Å²) < 4.78 is 62.0. The number of alkyl halides is 2. The first kappa shape index (κ1) is 20.7. The Balaban J connectivity index is 1.72. The molecule has 1 aliphatic heterocycles. The van der Waals surface area contributed by atoms with E-state index >= 15 is 0 Å². The lowest BCUT2D eigenvalue weighted by atomic mass is 9.97. The Hall–Kier alpha value is -3.23. The molecular formula is C23H19F4N3O2. The largest absolute Gasteiger partial charge is 0.498 e. The highest BCUT2D eigenvalue weighted by atomic mass is 19.3. The molecule has 2 aliphatic rings. The van der Waals surface area contributed by atoms with Crippen LogP contribution in [-0.4, -0.2) is 26.9 Å². The predicted molar refractivity (Wildman–Crippen MR) is 109 cm³/mol. The minimum Gasteiger partial charge on any atom is -0.498 e. The fraction of sp³-hybridized carbons (Fsp3) is 0.348. The Morgan fingerprint density at radius 3 is 2.62 bits per heavy atom. The summed E-state index contributed by atoms with van der Waals surface area (Å²) in [4.78, 5) is 22.0. The molecule has 3 heterocycles. The second kappa shape index (κ2) is 7.15. The molecule has 3 aromatic rings. The van der Waals surface area contributed by atoms with Crippen LogP contribution in [-0.2, 0) is 4.74 Å². The fourth-order valence-electron chi connectivity index (χ4n) is 4.00. The molecule has 0 amide bonds. The topological polar surface area (TPSA) is 56.5 Å². The van der Waals surface area contributed by atoms with Crippen LogP contribution in [0.25, 0.3) is 16.9 Å². The second-order valence-corrected chi connectivity index (χ2v) is 8.29. The van der Waals surface area contributed by atoms with Crippen LogP contribution < -0.4 is 5.56 Å². The van der Waals surface area contributed by atoms with Gasteiger partial charge in [-0.15, -0.1) is 0 Å². The number of halogens is 4. The van der Waals surface area contributed by atoms with Crippen molar-refractivity contribution in [2.45, 2.75) is 38.5 Å². The highest BCUT2D eigenvalue weighted by Crippen LogP contribution is 2.54. The van der Waals surface area contributed by atoms with Gasteiger partial charge in [-0.1, -0.05) is 0 Å². The molecule has 1 aromatic carbocycles. The molecule has 1 aliphatic carbocycles. The second-order valence-electron chi connectivity index (χ2n) is 8.29. The third kappa shape index (κ3) is 3.36. The molecule has 1 fully saturated rings. The normalized spacial score (nSPS) is 21.9. The summed E-state index contributed by atoms with van der Waals surface area (Å²) in [7, 11) is 0.